The van der Waals surface area contributed by atoms with Crippen LogP contribution < -0.4 is 19.7 Å². The maximum absolute atomic E-state index is 13.0. The fraction of sp³-hybridized carbons (Fsp3) is 0.370. The van der Waals surface area contributed by atoms with Crippen LogP contribution in [0.4, 0.5) is 16.2 Å². The number of morpholine rings is 1. The molecule has 2 aliphatic heterocycles. The molecule has 0 atom stereocenters. The first-order valence-corrected chi connectivity index (χ1v) is 13.1. The van der Waals surface area contributed by atoms with Gasteiger partial charge in [-0.15, -0.1) is 0 Å². The Bertz CT molecular complexity index is 1190. The van der Waals surface area contributed by atoms with Crippen molar-refractivity contribution in [2.75, 3.05) is 49.7 Å². The van der Waals surface area contributed by atoms with Gasteiger partial charge in [-0.3, -0.25) is 19.3 Å². The fourth-order valence-electron chi connectivity index (χ4n) is 4.01. The van der Waals surface area contributed by atoms with Crippen LogP contribution in [0.2, 0.25) is 0 Å². The van der Waals surface area contributed by atoms with Crippen molar-refractivity contribution in [2.45, 2.75) is 26.9 Å². The molecule has 2 aromatic carbocycles. The van der Waals surface area contributed by atoms with Crippen LogP contribution in [0.5, 0.6) is 11.5 Å². The van der Waals surface area contributed by atoms with Crippen LogP contribution in [0.1, 0.15) is 26.3 Å². The van der Waals surface area contributed by atoms with Crippen molar-refractivity contribution in [1.82, 2.24) is 4.90 Å². The number of carbonyl (C=O) groups is 3. The molecule has 196 valence electrons. The number of imide groups is 1. The summed E-state index contributed by atoms with van der Waals surface area (Å²) >= 11 is 0.809. The molecule has 0 bridgehead atoms. The molecular formula is C27H31N3O6S. The van der Waals surface area contributed by atoms with Crippen LogP contribution in [0.3, 0.4) is 0 Å². The predicted molar refractivity (Wildman–Crippen MR) is 144 cm³/mol. The molecule has 1 N–H and O–H groups in total. The van der Waals surface area contributed by atoms with E-state index < -0.39 is 17.1 Å². The van der Waals surface area contributed by atoms with E-state index in [4.69, 9.17) is 14.2 Å². The SMILES string of the molecule is CCOc1cc(/C=C2/SC(=O)N(CC(=O)Nc3ccccc3N3CCOCC3)C2=O)ccc1OC(C)C. The largest absolute Gasteiger partial charge is 0.490 e. The Hall–Kier alpha value is -3.50. The van der Waals surface area contributed by atoms with E-state index in [1.165, 1.54) is 0 Å². The third-order valence-electron chi connectivity index (χ3n) is 5.63. The van der Waals surface area contributed by atoms with E-state index in [1.54, 1.807) is 30.3 Å². The average Bonchev–Trinajstić information content (AvgIpc) is 3.13. The predicted octanol–water partition coefficient (Wildman–Crippen LogP) is 4.38. The second-order valence-electron chi connectivity index (χ2n) is 8.74. The molecule has 2 fully saturated rings. The van der Waals surface area contributed by atoms with Crippen molar-refractivity contribution in [3.63, 3.8) is 0 Å². The van der Waals surface area contributed by atoms with Gasteiger partial charge in [0.05, 0.1) is 42.2 Å². The summed E-state index contributed by atoms with van der Waals surface area (Å²) in [6, 6.07) is 12.8. The van der Waals surface area contributed by atoms with Gasteiger partial charge >= 0.3 is 0 Å². The summed E-state index contributed by atoms with van der Waals surface area (Å²) in [5.41, 5.74) is 2.20. The molecule has 2 aliphatic rings. The van der Waals surface area contributed by atoms with Crippen LogP contribution >= 0.6 is 11.8 Å². The van der Waals surface area contributed by atoms with Gasteiger partial charge in [-0.2, -0.15) is 0 Å². The molecule has 0 saturated carbocycles. The Morgan fingerprint density at radius 2 is 1.89 bits per heavy atom. The van der Waals surface area contributed by atoms with E-state index in [1.807, 2.05) is 39.0 Å². The number of amides is 3. The fourth-order valence-corrected chi connectivity index (χ4v) is 4.85. The zero-order valence-electron chi connectivity index (χ0n) is 21.2. The minimum Gasteiger partial charge on any atom is -0.490 e. The Balaban J connectivity index is 1.45. The summed E-state index contributed by atoms with van der Waals surface area (Å²) in [7, 11) is 0. The molecule has 2 aromatic rings. The molecule has 0 aromatic heterocycles. The van der Waals surface area contributed by atoms with Crippen molar-refractivity contribution in [3.8, 4) is 11.5 Å². The van der Waals surface area contributed by atoms with Crippen molar-refractivity contribution in [1.29, 1.82) is 0 Å². The molecule has 10 heteroatoms. The monoisotopic (exact) mass is 525 g/mol. The minimum absolute atomic E-state index is 0.0199. The molecule has 3 amide bonds. The van der Waals surface area contributed by atoms with Crippen LogP contribution in [-0.4, -0.2) is 67.5 Å². The number of nitrogens with one attached hydrogen (secondary N) is 1. The lowest BCUT2D eigenvalue weighted by atomic mass is 10.1. The molecule has 0 radical (unpaired) electrons. The van der Waals surface area contributed by atoms with E-state index >= 15 is 0 Å². The molecule has 37 heavy (non-hydrogen) atoms. The van der Waals surface area contributed by atoms with Gasteiger partial charge in [0.15, 0.2) is 11.5 Å². The summed E-state index contributed by atoms with van der Waals surface area (Å²) in [5, 5.41) is 2.37. The first-order chi connectivity index (χ1) is 17.9. The number of ether oxygens (including phenoxy) is 3. The van der Waals surface area contributed by atoms with Crippen LogP contribution in [0, 0.1) is 0 Å². The van der Waals surface area contributed by atoms with E-state index in [-0.39, 0.29) is 17.6 Å². The highest BCUT2D eigenvalue weighted by atomic mass is 32.2. The average molecular weight is 526 g/mol. The second-order valence-corrected chi connectivity index (χ2v) is 9.73. The number of nitrogens with zero attached hydrogens (tertiary/aromatic N) is 2. The summed E-state index contributed by atoms with van der Waals surface area (Å²) in [5.74, 6) is 0.212. The van der Waals surface area contributed by atoms with E-state index in [0.29, 0.717) is 42.6 Å². The van der Waals surface area contributed by atoms with Crippen molar-refractivity contribution < 1.29 is 28.6 Å². The number of hydrogen-bond acceptors (Lipinski definition) is 8. The second kappa shape index (κ2) is 12.2. The Labute approximate surface area is 220 Å². The molecule has 4 rings (SSSR count). The maximum atomic E-state index is 13.0. The normalized spacial score (nSPS) is 17.0. The van der Waals surface area contributed by atoms with Crippen LogP contribution in [0.25, 0.3) is 6.08 Å². The van der Waals surface area contributed by atoms with Gasteiger partial charge in [-0.05, 0) is 68.4 Å². The molecule has 2 heterocycles. The zero-order chi connectivity index (χ0) is 26.4. The maximum Gasteiger partial charge on any atom is 0.294 e. The zero-order valence-corrected chi connectivity index (χ0v) is 22.0. The lowest BCUT2D eigenvalue weighted by Crippen LogP contribution is -2.38. The highest BCUT2D eigenvalue weighted by molar-refractivity contribution is 8.18. The summed E-state index contributed by atoms with van der Waals surface area (Å²) in [6.07, 6.45) is 1.60. The third-order valence-corrected chi connectivity index (χ3v) is 6.54. The number of rotatable bonds is 9. The molecule has 0 aliphatic carbocycles. The number of hydrogen-bond donors (Lipinski definition) is 1. The number of carbonyl (C=O) groups excluding carboxylic acids is 3. The number of benzene rings is 2. The van der Waals surface area contributed by atoms with Gasteiger partial charge < -0.3 is 24.4 Å². The quantitative estimate of drug-likeness (QED) is 0.482. The van der Waals surface area contributed by atoms with Gasteiger partial charge in [0.2, 0.25) is 5.91 Å². The van der Waals surface area contributed by atoms with Crippen molar-refractivity contribution in [2.24, 2.45) is 0 Å². The highest BCUT2D eigenvalue weighted by Gasteiger charge is 2.36. The van der Waals surface area contributed by atoms with Crippen molar-refractivity contribution >= 4 is 46.3 Å². The topological polar surface area (TPSA) is 97.4 Å². The summed E-state index contributed by atoms with van der Waals surface area (Å²) < 4.78 is 16.9. The van der Waals surface area contributed by atoms with Crippen molar-refractivity contribution in [3.05, 3.63) is 52.9 Å². The lowest BCUT2D eigenvalue weighted by molar-refractivity contribution is -0.127. The summed E-state index contributed by atoms with van der Waals surface area (Å²) in [4.78, 5) is 41.8. The summed E-state index contributed by atoms with van der Waals surface area (Å²) in [6.45, 7) is 8.49. The smallest absolute Gasteiger partial charge is 0.294 e. The van der Waals surface area contributed by atoms with E-state index in [2.05, 4.69) is 10.2 Å². The van der Waals surface area contributed by atoms with Gasteiger partial charge in [0, 0.05) is 13.1 Å². The van der Waals surface area contributed by atoms with E-state index in [9.17, 15) is 14.4 Å². The van der Waals surface area contributed by atoms with Crippen LogP contribution in [0.15, 0.2) is 47.4 Å². The van der Waals surface area contributed by atoms with Gasteiger partial charge in [-0.1, -0.05) is 18.2 Å². The standard InChI is InChI=1S/C27H31N3O6S/c1-4-35-23-15-19(9-10-22(23)36-18(2)3)16-24-26(32)30(27(33)37-24)17-25(31)28-20-7-5-6-8-21(20)29-11-13-34-14-12-29/h5-10,15-16,18H,4,11-14,17H2,1-3H3,(H,28,31)/b24-16+. The van der Waals surface area contributed by atoms with E-state index in [0.717, 1.165) is 35.4 Å². The molecule has 0 unspecified atom stereocenters. The Morgan fingerprint density at radius 1 is 1.14 bits per heavy atom. The first-order valence-electron chi connectivity index (χ1n) is 12.3. The molecular weight excluding hydrogens is 494 g/mol. The Kier molecular flexibility index (Phi) is 8.73. The lowest BCUT2D eigenvalue weighted by Gasteiger charge is -2.30. The van der Waals surface area contributed by atoms with Gasteiger partial charge in [0.1, 0.15) is 6.54 Å². The third kappa shape index (κ3) is 6.64. The molecule has 0 spiro atoms. The minimum atomic E-state index is -0.507. The van der Waals surface area contributed by atoms with Crippen LogP contribution in [-0.2, 0) is 14.3 Å². The molecule has 9 nitrogen and oxygen atoms in total. The number of anilines is 2. The highest BCUT2D eigenvalue weighted by Crippen LogP contribution is 2.35. The van der Waals surface area contributed by atoms with Gasteiger partial charge in [-0.25, -0.2) is 0 Å². The number of para-hydroxylation sites is 2. The number of thioether (sulfide) groups is 1. The van der Waals surface area contributed by atoms with Gasteiger partial charge in [0.25, 0.3) is 11.1 Å². The molecule has 2 saturated heterocycles. The first kappa shape index (κ1) is 26.6. The Morgan fingerprint density at radius 3 is 2.62 bits per heavy atom.